The Hall–Kier alpha value is -0.131. The first-order valence-electron chi connectivity index (χ1n) is 10.1. The summed E-state index contributed by atoms with van der Waals surface area (Å²) in [5.74, 6) is -3.83. The maximum absolute atomic E-state index is 14.7. The van der Waals surface area contributed by atoms with Crippen LogP contribution in [-0.4, -0.2) is 36.9 Å². The van der Waals surface area contributed by atoms with Gasteiger partial charge in [0.25, 0.3) is 0 Å². The standard InChI is InChI=1S/C8H9F2O2.3C4H9.Sn/c1-2-12-7(11)4-3-6-5-8(6,9)10;3*1-3-4-2;/h3-6H,2H2,1H3;3*1,3-4H2,2H3;. The predicted molar refractivity (Wildman–Crippen MR) is 103 cm³/mol. The number of rotatable bonds is 13. The van der Waals surface area contributed by atoms with Crippen LogP contribution in [0.2, 0.25) is 17.2 Å². The second-order valence-corrected chi connectivity index (χ2v) is 21.3. The molecule has 2 atom stereocenters. The van der Waals surface area contributed by atoms with Gasteiger partial charge in [-0.2, -0.15) is 0 Å². The van der Waals surface area contributed by atoms with Gasteiger partial charge in [0.15, 0.2) is 0 Å². The number of carbonyl (C=O) groups excluding carboxylic acids is 1. The Balaban J connectivity index is 2.99. The summed E-state index contributed by atoms with van der Waals surface area (Å²) in [6.07, 6.45) is 9.20. The van der Waals surface area contributed by atoms with Crippen molar-refractivity contribution in [2.75, 3.05) is 6.61 Å². The van der Waals surface area contributed by atoms with Crippen molar-refractivity contribution in [3.63, 3.8) is 0 Å². The van der Waals surface area contributed by atoms with Crippen molar-refractivity contribution in [2.24, 2.45) is 5.92 Å². The molecule has 1 fully saturated rings. The minimum absolute atomic E-state index is 0.278. The number of allylic oxidation sites excluding steroid dienone is 1. The summed E-state index contributed by atoms with van der Waals surface area (Å²) in [6, 6.07) is 0. The van der Waals surface area contributed by atoms with Crippen LogP contribution in [0.4, 0.5) is 8.78 Å². The van der Waals surface area contributed by atoms with Crippen molar-refractivity contribution in [1.29, 1.82) is 0 Å². The van der Waals surface area contributed by atoms with Gasteiger partial charge in [0.2, 0.25) is 0 Å². The van der Waals surface area contributed by atoms with E-state index >= 15 is 0 Å². The Morgan fingerprint density at radius 1 is 1.00 bits per heavy atom. The van der Waals surface area contributed by atoms with Crippen LogP contribution in [0.3, 0.4) is 0 Å². The molecule has 0 heterocycles. The molecular formula is C20H36F2O2Sn. The summed E-state index contributed by atoms with van der Waals surface area (Å²) in [4.78, 5) is 11.5. The van der Waals surface area contributed by atoms with Gasteiger partial charge in [0.05, 0.1) is 0 Å². The van der Waals surface area contributed by atoms with Crippen LogP contribution in [0.25, 0.3) is 0 Å². The molecule has 146 valence electrons. The molecule has 0 spiro atoms. The SMILES string of the molecule is CCC[CH2][Sn]([CH2]CCC)([CH2]CCC)[CH]1C(C=CC(=O)OCC)C1(F)F. The Morgan fingerprint density at radius 2 is 1.48 bits per heavy atom. The van der Waals surface area contributed by atoms with Crippen LogP contribution in [-0.2, 0) is 9.53 Å². The van der Waals surface area contributed by atoms with Crippen LogP contribution < -0.4 is 0 Å². The van der Waals surface area contributed by atoms with E-state index in [1.807, 2.05) is 0 Å². The van der Waals surface area contributed by atoms with E-state index in [1.54, 1.807) is 6.92 Å². The summed E-state index contributed by atoms with van der Waals surface area (Å²) in [5, 5.41) is 0. The van der Waals surface area contributed by atoms with E-state index in [1.165, 1.54) is 12.2 Å². The number of unbranched alkanes of at least 4 members (excludes halogenated alkanes) is 3. The van der Waals surface area contributed by atoms with Gasteiger partial charge >= 0.3 is 157 Å². The predicted octanol–water partition coefficient (Wildman–Crippen LogP) is 6.59. The molecule has 5 heteroatoms. The number of esters is 1. The molecule has 2 unspecified atom stereocenters. The minimum atomic E-state index is -2.97. The number of ether oxygens (including phenoxy) is 1. The molecule has 1 saturated carbocycles. The topological polar surface area (TPSA) is 26.3 Å². The van der Waals surface area contributed by atoms with E-state index in [0.717, 1.165) is 51.8 Å². The fraction of sp³-hybridized carbons (Fsp3) is 0.850. The average Bonchev–Trinajstić information content (AvgIpc) is 3.14. The molecule has 0 aromatic carbocycles. The van der Waals surface area contributed by atoms with Gasteiger partial charge in [-0.3, -0.25) is 0 Å². The van der Waals surface area contributed by atoms with Crippen molar-refractivity contribution < 1.29 is 18.3 Å². The van der Waals surface area contributed by atoms with Crippen LogP contribution in [0.5, 0.6) is 0 Å². The molecule has 0 amide bonds. The molecule has 0 aromatic heterocycles. The quantitative estimate of drug-likeness (QED) is 0.174. The number of hydrogen-bond donors (Lipinski definition) is 0. The zero-order valence-corrected chi connectivity index (χ0v) is 19.3. The third kappa shape index (κ3) is 6.21. The fourth-order valence-electron chi connectivity index (χ4n) is 4.18. The van der Waals surface area contributed by atoms with Gasteiger partial charge < -0.3 is 0 Å². The third-order valence-electron chi connectivity index (χ3n) is 5.58. The molecule has 1 aliphatic rings. The molecule has 0 saturated heterocycles. The zero-order valence-electron chi connectivity index (χ0n) is 16.5. The van der Waals surface area contributed by atoms with Gasteiger partial charge in [0, 0.05) is 0 Å². The zero-order chi connectivity index (χ0) is 18.9. The monoisotopic (exact) mass is 466 g/mol. The molecule has 0 radical (unpaired) electrons. The van der Waals surface area contributed by atoms with Gasteiger partial charge in [-0.1, -0.05) is 0 Å². The number of carbonyl (C=O) groups is 1. The van der Waals surface area contributed by atoms with Gasteiger partial charge in [-0.15, -0.1) is 0 Å². The van der Waals surface area contributed by atoms with Gasteiger partial charge in [-0.05, 0) is 0 Å². The van der Waals surface area contributed by atoms with E-state index in [0.29, 0.717) is 0 Å². The summed E-state index contributed by atoms with van der Waals surface area (Å²) in [6.45, 7) is 8.46. The molecule has 0 bridgehead atoms. The molecule has 0 N–H and O–H groups in total. The Morgan fingerprint density at radius 3 is 1.88 bits per heavy atom. The Labute approximate surface area is 156 Å². The molecule has 25 heavy (non-hydrogen) atoms. The van der Waals surface area contributed by atoms with Gasteiger partial charge in [-0.25, -0.2) is 0 Å². The van der Waals surface area contributed by atoms with E-state index in [9.17, 15) is 13.6 Å². The number of halogens is 2. The maximum atomic E-state index is 14.7. The van der Waals surface area contributed by atoms with E-state index in [-0.39, 0.29) is 6.61 Å². The van der Waals surface area contributed by atoms with Crippen molar-refractivity contribution >= 4 is 24.3 Å². The second kappa shape index (κ2) is 10.9. The molecule has 0 aliphatic heterocycles. The number of alkyl halides is 2. The second-order valence-electron chi connectivity index (χ2n) is 7.46. The van der Waals surface area contributed by atoms with Crippen LogP contribution in [0.1, 0.15) is 66.2 Å². The van der Waals surface area contributed by atoms with Crippen molar-refractivity contribution in [1.82, 2.24) is 0 Å². The molecule has 2 nitrogen and oxygen atoms in total. The van der Waals surface area contributed by atoms with Crippen molar-refractivity contribution in [2.45, 2.75) is 89.4 Å². The van der Waals surface area contributed by atoms with Gasteiger partial charge in [0.1, 0.15) is 0 Å². The molecule has 1 aliphatic carbocycles. The first kappa shape index (κ1) is 22.9. The third-order valence-corrected chi connectivity index (χ3v) is 23.0. The Kier molecular flexibility index (Phi) is 9.97. The van der Waals surface area contributed by atoms with Crippen LogP contribution in [0, 0.1) is 5.92 Å². The van der Waals surface area contributed by atoms with E-state index in [4.69, 9.17) is 4.74 Å². The van der Waals surface area contributed by atoms with Crippen molar-refractivity contribution in [3.8, 4) is 0 Å². The summed E-state index contributed by atoms with van der Waals surface area (Å²) in [7, 11) is 0. The first-order chi connectivity index (χ1) is 11.9. The summed E-state index contributed by atoms with van der Waals surface area (Å²) in [5.41, 5.74) is 0. The molecule has 1 rings (SSSR count). The van der Waals surface area contributed by atoms with E-state index < -0.39 is 40.1 Å². The first-order valence-corrected chi connectivity index (χ1v) is 17.8. The average molecular weight is 465 g/mol. The van der Waals surface area contributed by atoms with E-state index in [2.05, 4.69) is 20.8 Å². The van der Waals surface area contributed by atoms with Crippen molar-refractivity contribution in [3.05, 3.63) is 12.2 Å². The number of hydrogen-bond acceptors (Lipinski definition) is 2. The Bertz CT molecular complexity index is 416. The fourth-order valence-corrected chi connectivity index (χ4v) is 23.8. The van der Waals surface area contributed by atoms with Crippen LogP contribution in [0.15, 0.2) is 12.2 Å². The summed E-state index contributed by atoms with van der Waals surface area (Å²) < 4.78 is 37.1. The molecule has 0 aromatic rings. The summed E-state index contributed by atoms with van der Waals surface area (Å²) >= 11 is -2.97. The normalized spacial score (nSPS) is 22.3. The molecular weight excluding hydrogens is 429 g/mol. The van der Waals surface area contributed by atoms with Crippen LogP contribution >= 0.6 is 0 Å².